The molecule has 0 spiro atoms. The Morgan fingerprint density at radius 1 is 0.407 bits per heavy atom. The number of hydrogen-bond donors (Lipinski definition) is 4. The van der Waals surface area contributed by atoms with Crippen LogP contribution < -0.4 is 22.1 Å². The number of hydrogen-bond acceptors (Lipinski definition) is 6. The Labute approximate surface area is 334 Å². The summed E-state index contributed by atoms with van der Waals surface area (Å²) in [4.78, 5) is 30.7. The van der Waals surface area contributed by atoms with Crippen molar-refractivity contribution in [3.05, 3.63) is 24.3 Å². The van der Waals surface area contributed by atoms with Gasteiger partial charge in [-0.25, -0.2) is 0 Å². The number of nitrogens with zero attached hydrogens (tertiary/aromatic N) is 2. The van der Waals surface area contributed by atoms with Gasteiger partial charge in [0.05, 0.1) is 0 Å². The molecule has 1 heterocycles. The molecule has 1 aliphatic rings. The molecule has 0 aromatic heterocycles. The molecule has 0 fully saturated rings. The molecular weight excluding hydrogens is 669 g/mol. The molecule has 0 aliphatic carbocycles. The second kappa shape index (κ2) is 40.9. The molecule has 0 radical (unpaired) electrons. The van der Waals surface area contributed by atoms with Crippen molar-refractivity contribution in [2.45, 2.75) is 193 Å². The first-order valence-corrected chi connectivity index (χ1v) is 23.4. The summed E-state index contributed by atoms with van der Waals surface area (Å²) in [6.45, 7) is 8.88. The molecule has 8 nitrogen and oxygen atoms in total. The van der Waals surface area contributed by atoms with E-state index in [1.807, 2.05) is 0 Å². The van der Waals surface area contributed by atoms with Crippen molar-refractivity contribution < 1.29 is 9.59 Å². The summed E-state index contributed by atoms with van der Waals surface area (Å²) in [5.74, 6) is 0.729. The number of carbonyl (C=O) groups is 2. The standard InChI is InChI=1S/C46H90N6O2/c47-35-29-37-49-39-31-43-51-41-27-23-19-15-11-7-3-1-5-9-13-17-21-25-33-45(53)52(44-32-40-50-38-30-36-48)42-28-24-20-16-12-8-4-2-6-10-14-18-22-26-34-46(51)54/h3-4,7-8,49-50H,1-2,5-6,9-44,47-48H2/b7-3+,8-4+. The average Bonchev–Trinajstić information content (AvgIpc) is 3.17. The van der Waals surface area contributed by atoms with Gasteiger partial charge in [0, 0.05) is 39.0 Å². The van der Waals surface area contributed by atoms with Gasteiger partial charge >= 0.3 is 0 Å². The van der Waals surface area contributed by atoms with Crippen LogP contribution in [-0.4, -0.2) is 87.1 Å². The van der Waals surface area contributed by atoms with Gasteiger partial charge < -0.3 is 31.9 Å². The Hall–Kier alpha value is -1.74. The SMILES string of the molecule is NCCCNCCCN1CCCCCC/C=C/CCCCCCCCC(=O)N(CCCNCCCN)CCCCCC/C=C/CCCCCCCCC1=O. The normalized spacial score (nSPS) is 20.8. The van der Waals surface area contributed by atoms with E-state index in [0.717, 1.165) is 117 Å². The van der Waals surface area contributed by atoms with E-state index in [9.17, 15) is 9.59 Å². The molecule has 0 atom stereocenters. The van der Waals surface area contributed by atoms with E-state index >= 15 is 0 Å². The van der Waals surface area contributed by atoms with Crippen LogP contribution >= 0.6 is 0 Å². The van der Waals surface area contributed by atoms with Gasteiger partial charge in [-0.2, -0.15) is 0 Å². The minimum Gasteiger partial charge on any atom is -0.343 e. The third kappa shape index (κ3) is 33.6. The maximum Gasteiger partial charge on any atom is 0.222 e. The lowest BCUT2D eigenvalue weighted by Crippen LogP contribution is -2.34. The van der Waals surface area contributed by atoms with E-state index in [1.165, 1.54) is 128 Å². The summed E-state index contributed by atoms with van der Waals surface area (Å²) in [5.41, 5.74) is 11.2. The fraction of sp³-hybridized carbons (Fsp3) is 0.870. The molecule has 8 heteroatoms. The molecule has 0 bridgehead atoms. The first-order valence-electron chi connectivity index (χ1n) is 23.4. The van der Waals surface area contributed by atoms with Crippen molar-refractivity contribution in [3.63, 3.8) is 0 Å². The van der Waals surface area contributed by atoms with Gasteiger partial charge in [0.2, 0.25) is 11.8 Å². The topological polar surface area (TPSA) is 117 Å². The van der Waals surface area contributed by atoms with Crippen LogP contribution in [0.1, 0.15) is 193 Å². The summed E-state index contributed by atoms with van der Waals surface area (Å²) >= 11 is 0. The van der Waals surface area contributed by atoms with Crippen LogP contribution in [0.5, 0.6) is 0 Å². The van der Waals surface area contributed by atoms with E-state index in [1.54, 1.807) is 0 Å². The molecule has 0 saturated heterocycles. The number of rotatable bonds is 14. The summed E-state index contributed by atoms with van der Waals surface area (Å²) in [5, 5.41) is 6.95. The van der Waals surface area contributed by atoms with Crippen LogP contribution in [0.3, 0.4) is 0 Å². The van der Waals surface area contributed by atoms with Gasteiger partial charge in [0.25, 0.3) is 0 Å². The first-order chi connectivity index (χ1) is 26.7. The molecular formula is C46H90N6O2. The third-order valence-electron chi connectivity index (χ3n) is 10.8. The minimum atomic E-state index is 0.364. The Bertz CT molecular complexity index is 811. The molecule has 0 aromatic carbocycles. The Balaban J connectivity index is 2.50. The summed E-state index contributed by atoms with van der Waals surface area (Å²) in [6.07, 6.45) is 43.9. The maximum atomic E-state index is 13.2. The van der Waals surface area contributed by atoms with Crippen molar-refractivity contribution in [2.75, 3.05) is 65.4 Å². The highest BCUT2D eigenvalue weighted by atomic mass is 16.2. The van der Waals surface area contributed by atoms with Crippen LogP contribution in [0.25, 0.3) is 0 Å². The number of allylic oxidation sites excluding steroid dienone is 4. The third-order valence-corrected chi connectivity index (χ3v) is 10.8. The number of carbonyl (C=O) groups excluding carboxylic acids is 2. The van der Waals surface area contributed by atoms with E-state index in [2.05, 4.69) is 44.7 Å². The molecule has 1 rings (SSSR count). The van der Waals surface area contributed by atoms with Crippen molar-refractivity contribution in [3.8, 4) is 0 Å². The highest BCUT2D eigenvalue weighted by molar-refractivity contribution is 5.76. The Kier molecular flexibility index (Phi) is 38.1. The minimum absolute atomic E-state index is 0.364. The lowest BCUT2D eigenvalue weighted by atomic mass is 10.1. The molecule has 6 N–H and O–H groups in total. The second-order valence-electron chi connectivity index (χ2n) is 15.9. The van der Waals surface area contributed by atoms with Crippen LogP contribution in [0, 0.1) is 0 Å². The van der Waals surface area contributed by atoms with E-state index in [4.69, 9.17) is 11.5 Å². The molecule has 0 aromatic rings. The van der Waals surface area contributed by atoms with Gasteiger partial charge in [0.1, 0.15) is 0 Å². The summed E-state index contributed by atoms with van der Waals surface area (Å²) < 4.78 is 0. The number of nitrogens with two attached hydrogens (primary N) is 2. The zero-order valence-electron chi connectivity index (χ0n) is 35.5. The van der Waals surface area contributed by atoms with Crippen molar-refractivity contribution >= 4 is 11.8 Å². The van der Waals surface area contributed by atoms with E-state index in [0.29, 0.717) is 24.7 Å². The number of nitrogens with one attached hydrogen (secondary N) is 2. The zero-order valence-corrected chi connectivity index (χ0v) is 35.5. The van der Waals surface area contributed by atoms with Gasteiger partial charge in [0.15, 0.2) is 0 Å². The van der Waals surface area contributed by atoms with Crippen LogP contribution in [-0.2, 0) is 9.59 Å². The maximum absolute atomic E-state index is 13.2. The molecule has 316 valence electrons. The van der Waals surface area contributed by atoms with Gasteiger partial charge in [-0.1, -0.05) is 101 Å². The Morgan fingerprint density at radius 3 is 1.06 bits per heavy atom. The van der Waals surface area contributed by atoms with Gasteiger partial charge in [-0.15, -0.1) is 0 Å². The van der Waals surface area contributed by atoms with Gasteiger partial charge in [-0.05, 0) is 142 Å². The predicted octanol–water partition coefficient (Wildman–Crippen LogP) is 9.57. The first kappa shape index (κ1) is 50.3. The van der Waals surface area contributed by atoms with E-state index in [-0.39, 0.29) is 0 Å². The molecule has 2 amide bonds. The van der Waals surface area contributed by atoms with Crippen molar-refractivity contribution in [1.82, 2.24) is 20.4 Å². The van der Waals surface area contributed by atoms with Crippen molar-refractivity contribution in [1.29, 1.82) is 0 Å². The van der Waals surface area contributed by atoms with E-state index < -0.39 is 0 Å². The lowest BCUT2D eigenvalue weighted by Gasteiger charge is -2.23. The summed E-state index contributed by atoms with van der Waals surface area (Å²) in [6, 6.07) is 0. The lowest BCUT2D eigenvalue weighted by molar-refractivity contribution is -0.132. The highest BCUT2D eigenvalue weighted by Crippen LogP contribution is 2.14. The Morgan fingerprint density at radius 2 is 0.704 bits per heavy atom. The summed E-state index contributed by atoms with van der Waals surface area (Å²) in [7, 11) is 0. The van der Waals surface area contributed by atoms with Gasteiger partial charge in [-0.3, -0.25) is 9.59 Å². The zero-order chi connectivity index (χ0) is 38.8. The molecule has 54 heavy (non-hydrogen) atoms. The van der Waals surface area contributed by atoms with Crippen LogP contribution in [0.2, 0.25) is 0 Å². The van der Waals surface area contributed by atoms with Crippen LogP contribution in [0.4, 0.5) is 0 Å². The molecule has 0 unspecified atom stereocenters. The highest BCUT2D eigenvalue weighted by Gasteiger charge is 2.14. The quantitative estimate of drug-likeness (QED) is 0.104. The fourth-order valence-corrected chi connectivity index (χ4v) is 7.33. The second-order valence-corrected chi connectivity index (χ2v) is 15.9. The predicted molar refractivity (Wildman–Crippen MR) is 234 cm³/mol. The number of amides is 2. The smallest absolute Gasteiger partial charge is 0.222 e. The fourth-order valence-electron chi connectivity index (χ4n) is 7.33. The van der Waals surface area contributed by atoms with Crippen molar-refractivity contribution in [2.24, 2.45) is 11.5 Å². The molecule has 0 saturated carbocycles. The largest absolute Gasteiger partial charge is 0.343 e. The monoisotopic (exact) mass is 759 g/mol. The van der Waals surface area contributed by atoms with Crippen LogP contribution in [0.15, 0.2) is 24.3 Å². The average molecular weight is 759 g/mol. The molecule has 1 aliphatic heterocycles.